The number of para-hydroxylation sites is 1. The first kappa shape index (κ1) is 71.8. The van der Waals surface area contributed by atoms with E-state index in [0.717, 1.165) is 58.3 Å². The minimum absolute atomic E-state index is 0.0252. The number of nitrogens with two attached hydrogens (primary N) is 1. The van der Waals surface area contributed by atoms with Crippen LogP contribution in [-0.2, 0) is 46.6 Å². The monoisotopic (exact) mass is 1370 g/mol. The van der Waals surface area contributed by atoms with Crippen molar-refractivity contribution in [2.75, 3.05) is 43.9 Å². The molecule has 9 amide bonds. The minimum Gasteiger partial charge on any atom is -0.476 e. The summed E-state index contributed by atoms with van der Waals surface area (Å²) in [4.78, 5) is 132. The van der Waals surface area contributed by atoms with Crippen molar-refractivity contribution in [3.8, 4) is 22.4 Å². The van der Waals surface area contributed by atoms with Gasteiger partial charge in [0.15, 0.2) is 10.8 Å². The molecule has 99 heavy (non-hydrogen) atoms. The van der Waals surface area contributed by atoms with E-state index in [4.69, 9.17) is 25.3 Å². The van der Waals surface area contributed by atoms with Crippen LogP contribution in [0.4, 0.5) is 20.4 Å². The Bertz CT molecular complexity index is 4210. The molecule has 3 aliphatic rings. The number of thiazole rings is 1. The number of pyridine rings is 2. The highest BCUT2D eigenvalue weighted by atomic mass is 32.1. The van der Waals surface area contributed by atoms with Gasteiger partial charge in [0.25, 0.3) is 17.7 Å². The SMILES string of the molecule is Cc1c(-c2ccc(-c3ccc4cncc(C(=O)Nc5nc6ccccc6s5)c4c3)nc2C(=O)O)cnn1CC1(C)CC2(C)CC(C)(C)CC(OCCN(C)C(=O)OCc3ccc(NC(=O)[C@H](CCCNC(N)=O)NC(=O)C(NC(=O)CCCCCN4C(=O)C=CC4=O)C(C)C)cc3)(C1)C2. The van der Waals surface area contributed by atoms with Gasteiger partial charge in [-0.3, -0.25) is 48.6 Å². The van der Waals surface area contributed by atoms with Crippen LogP contribution in [0.5, 0.6) is 0 Å². The maximum absolute atomic E-state index is 13.8. The first-order valence-electron chi connectivity index (χ1n) is 33.5. The smallest absolute Gasteiger partial charge is 0.409 e. The summed E-state index contributed by atoms with van der Waals surface area (Å²) in [5.74, 6) is -4.12. The number of likely N-dealkylation sites (N-methyl/N-ethyl adjacent to an activating group) is 1. The van der Waals surface area contributed by atoms with Crippen LogP contribution in [0.25, 0.3) is 43.4 Å². The standard InChI is InChI=1S/C73H87N13O12S/c1-44(2)61(82-58(87)18-10-9-13-30-85-59(88)27-28-60(85)89)65(92)80-56(16-14-29-76-67(74)95)64(91)78-49-23-19-46(20-24-49)37-97-69(96)84(8)31-32-98-73-39-70(4,5)38-71(6,41-73)40-72(7,42-73)43-86-45(3)52(36-77-86)50-25-26-54(79-62(50)66(93)94)47-21-22-48-34-75-35-53(51(48)33-47)63(90)83-68-81-55-15-11-12-17-57(55)99-68/h11-12,15,17,19-28,33-36,44,56,61H,9-10,13-14,16,18,29-32,37-43H2,1-8H3,(H,78,91)(H,80,92)(H,82,87)(H,93,94)(H3,74,76,95)(H,81,83,90)/t56-,61?,71?,72?,73?/m0/s1. The average molecular weight is 1370 g/mol. The van der Waals surface area contributed by atoms with Crippen LogP contribution < -0.4 is 32.3 Å². The number of fused-ring (bicyclic) bond motifs is 4. The van der Waals surface area contributed by atoms with Crippen molar-refractivity contribution in [1.82, 2.24) is 50.5 Å². The van der Waals surface area contributed by atoms with E-state index in [1.807, 2.05) is 54.1 Å². The van der Waals surface area contributed by atoms with E-state index in [1.165, 1.54) is 34.6 Å². The number of urea groups is 1. The summed E-state index contributed by atoms with van der Waals surface area (Å²) < 4.78 is 15.7. The Morgan fingerprint density at radius 2 is 1.56 bits per heavy atom. The quantitative estimate of drug-likeness (QED) is 0.0169. The highest BCUT2D eigenvalue weighted by Crippen LogP contribution is 2.63. The lowest BCUT2D eigenvalue weighted by Crippen LogP contribution is -2.57. The zero-order valence-electron chi connectivity index (χ0n) is 57.2. The fourth-order valence-corrected chi connectivity index (χ4v) is 15.9. The molecule has 2 fully saturated rings. The molecular weight excluding hydrogens is 1280 g/mol. The van der Waals surface area contributed by atoms with Gasteiger partial charge in [0.2, 0.25) is 17.7 Å². The molecule has 1 aliphatic heterocycles. The molecule has 0 spiro atoms. The predicted octanol–water partition coefficient (Wildman–Crippen LogP) is 10.6. The Morgan fingerprint density at radius 1 is 0.798 bits per heavy atom. The van der Waals surface area contributed by atoms with Gasteiger partial charge in [-0.15, -0.1) is 0 Å². The summed E-state index contributed by atoms with van der Waals surface area (Å²) in [6, 6.07) is 20.6. The predicted molar refractivity (Wildman–Crippen MR) is 375 cm³/mol. The number of carboxylic acid groups (broad SMARTS) is 1. The highest BCUT2D eigenvalue weighted by molar-refractivity contribution is 7.22. The van der Waals surface area contributed by atoms with Crippen molar-refractivity contribution in [2.45, 2.75) is 150 Å². The molecule has 3 aromatic carbocycles. The Balaban J connectivity index is 0.726. The van der Waals surface area contributed by atoms with E-state index < -0.39 is 47.6 Å². The van der Waals surface area contributed by atoms with Gasteiger partial charge in [-0.1, -0.05) is 95.7 Å². The molecular formula is C73H87N13O12S. The molecule has 5 heterocycles. The largest absolute Gasteiger partial charge is 0.476 e. The number of unbranched alkanes of at least 4 members (excludes halogenated alkanes) is 2. The van der Waals surface area contributed by atoms with Gasteiger partial charge in [-0.2, -0.15) is 5.10 Å². The topological polar surface area (TPSA) is 341 Å². The Morgan fingerprint density at radius 3 is 2.28 bits per heavy atom. The van der Waals surface area contributed by atoms with Gasteiger partial charge < -0.3 is 46.5 Å². The van der Waals surface area contributed by atoms with E-state index in [2.05, 4.69) is 64.2 Å². The number of carboxylic acids is 1. The summed E-state index contributed by atoms with van der Waals surface area (Å²) >= 11 is 1.37. The zero-order chi connectivity index (χ0) is 71.0. The molecule has 4 aromatic heterocycles. The van der Waals surface area contributed by atoms with E-state index in [0.29, 0.717) is 75.5 Å². The van der Waals surface area contributed by atoms with E-state index in [-0.39, 0.29) is 104 Å². The number of hydrogen-bond donors (Lipinski definition) is 7. The number of ether oxygens (including phenoxy) is 2. The van der Waals surface area contributed by atoms with E-state index >= 15 is 0 Å². The fraction of sp³-hybridized carbons (Fsp3) is 0.438. The summed E-state index contributed by atoms with van der Waals surface area (Å²) in [5.41, 5.74) is 9.27. The summed E-state index contributed by atoms with van der Waals surface area (Å²) in [6.45, 7) is 16.1. The first-order valence-corrected chi connectivity index (χ1v) is 34.3. The second kappa shape index (κ2) is 30.4. The number of amides is 9. The number of nitrogens with zero attached hydrogens (tertiary/aromatic N) is 7. The van der Waals surface area contributed by atoms with E-state index in [1.54, 1.807) is 69.7 Å². The second-order valence-corrected chi connectivity index (χ2v) is 29.4. The molecule has 4 unspecified atom stereocenters. The lowest BCUT2D eigenvalue weighted by molar-refractivity contribution is -0.194. The fourth-order valence-electron chi connectivity index (χ4n) is 15.1. The number of nitrogens with one attached hydrogen (secondary N) is 5. The van der Waals surface area contributed by atoms with Gasteiger partial charge in [0, 0.05) is 97.7 Å². The molecule has 10 rings (SSSR count). The number of hydrogen-bond acceptors (Lipinski definition) is 16. The molecule has 8 N–H and O–H groups in total. The van der Waals surface area contributed by atoms with Crippen molar-refractivity contribution in [3.63, 3.8) is 0 Å². The van der Waals surface area contributed by atoms with Crippen molar-refractivity contribution >= 4 is 96.7 Å². The van der Waals surface area contributed by atoms with Gasteiger partial charge in [-0.25, -0.2) is 24.4 Å². The van der Waals surface area contributed by atoms with Gasteiger partial charge in [0.1, 0.15) is 18.7 Å². The molecule has 25 nitrogen and oxygen atoms in total. The molecule has 2 bridgehead atoms. The summed E-state index contributed by atoms with van der Waals surface area (Å²) in [5, 5.41) is 31.2. The molecule has 26 heteroatoms. The van der Waals surface area contributed by atoms with Crippen molar-refractivity contribution < 1.29 is 57.7 Å². The molecule has 2 aliphatic carbocycles. The van der Waals surface area contributed by atoms with Crippen LogP contribution in [0.2, 0.25) is 0 Å². The zero-order valence-corrected chi connectivity index (χ0v) is 58.0. The Hall–Kier alpha value is -9.95. The number of anilines is 2. The van der Waals surface area contributed by atoms with Gasteiger partial charge in [0.05, 0.1) is 39.9 Å². The molecule has 2 saturated carbocycles. The number of imide groups is 1. The number of primary amides is 1. The van der Waals surface area contributed by atoms with Crippen LogP contribution >= 0.6 is 11.3 Å². The minimum atomic E-state index is -1.20. The number of benzene rings is 3. The van der Waals surface area contributed by atoms with Gasteiger partial charge >= 0.3 is 18.1 Å². The normalized spacial score (nSPS) is 19.2. The van der Waals surface area contributed by atoms with Crippen LogP contribution in [0.3, 0.4) is 0 Å². The number of aromatic carboxylic acids is 1. The lowest BCUT2D eigenvalue weighted by Gasteiger charge is -2.61. The number of carbonyl (C=O) groups is 9. The molecule has 7 aromatic rings. The van der Waals surface area contributed by atoms with Crippen molar-refractivity contribution in [3.05, 3.63) is 132 Å². The molecule has 0 radical (unpaired) electrons. The highest BCUT2D eigenvalue weighted by Gasteiger charge is 2.58. The summed E-state index contributed by atoms with van der Waals surface area (Å²) in [6.07, 6.45) is 13.1. The molecule has 522 valence electrons. The Kier molecular flexibility index (Phi) is 22.1. The average Bonchev–Trinajstić information content (AvgIpc) is 0.902. The third-order valence-corrected chi connectivity index (χ3v) is 19.6. The third-order valence-electron chi connectivity index (χ3n) is 18.7. The number of rotatable bonds is 29. The van der Waals surface area contributed by atoms with Crippen LogP contribution in [0, 0.1) is 29.1 Å². The van der Waals surface area contributed by atoms with Crippen molar-refractivity contribution in [2.24, 2.45) is 27.9 Å². The van der Waals surface area contributed by atoms with Gasteiger partial charge in [-0.05, 0) is 140 Å². The lowest BCUT2D eigenvalue weighted by atomic mass is 9.48. The summed E-state index contributed by atoms with van der Waals surface area (Å²) in [7, 11) is 1.66. The number of carbonyl (C=O) groups excluding carboxylic acids is 8. The van der Waals surface area contributed by atoms with E-state index in [9.17, 15) is 48.3 Å². The van der Waals surface area contributed by atoms with Crippen LogP contribution in [0.1, 0.15) is 144 Å². The van der Waals surface area contributed by atoms with Crippen LogP contribution in [0.15, 0.2) is 110 Å². The number of aromatic nitrogens is 5. The van der Waals surface area contributed by atoms with Crippen LogP contribution in [-0.4, -0.2) is 144 Å². The van der Waals surface area contributed by atoms with Crippen molar-refractivity contribution in [1.29, 1.82) is 0 Å². The first-order chi connectivity index (χ1) is 47.1. The maximum atomic E-state index is 13.8. The molecule has 5 atom stereocenters. The maximum Gasteiger partial charge on any atom is 0.409 e. The third kappa shape index (κ3) is 17.9. The second-order valence-electron chi connectivity index (χ2n) is 28.4. The molecule has 0 saturated heterocycles. The Labute approximate surface area is 578 Å².